The van der Waals surface area contributed by atoms with Crippen molar-refractivity contribution in [2.75, 3.05) is 33.3 Å². The number of likely N-dealkylation sites (N-methyl/N-ethyl adjacent to an activating group) is 1. The summed E-state index contributed by atoms with van der Waals surface area (Å²) in [5, 5.41) is 9.78. The van der Waals surface area contributed by atoms with Crippen LogP contribution in [0.2, 0.25) is 5.02 Å². The molecule has 2 fully saturated rings. The summed E-state index contributed by atoms with van der Waals surface area (Å²) in [6, 6.07) is 9.50. The number of amides is 3. The SMILES string of the molecule is CC.Cc1cc(CN(CC2CCCCC2)C(CC(=O)O)c2ccc(Cl)c(F)c2)ccc1OCCN1C(=O)CN(C)C1=O. The molecule has 1 unspecified atom stereocenters. The van der Waals surface area contributed by atoms with Gasteiger partial charge in [-0.1, -0.05) is 62.9 Å². The van der Waals surface area contributed by atoms with Gasteiger partial charge in [-0.15, -0.1) is 0 Å². The summed E-state index contributed by atoms with van der Waals surface area (Å²) in [7, 11) is 1.59. The molecule has 42 heavy (non-hydrogen) atoms. The van der Waals surface area contributed by atoms with E-state index in [0.717, 1.165) is 36.8 Å². The Bertz CT molecular complexity index is 1240. The molecule has 0 spiro atoms. The largest absolute Gasteiger partial charge is 0.491 e. The standard InChI is InChI=1S/C30H37ClFN3O5.C2H6/c1-20-14-22(8-11-27(20)40-13-12-35-28(36)19-33(2)30(35)39)18-34(17-21-6-4-3-5-7-21)26(16-29(37)38)23-9-10-24(31)25(32)15-23;1-2/h8-11,14-15,21,26H,3-7,12-13,16-19H2,1-2H3,(H,37,38);1-2H3. The van der Waals surface area contributed by atoms with Crippen LogP contribution in [0, 0.1) is 18.7 Å². The molecule has 0 bridgehead atoms. The van der Waals surface area contributed by atoms with Crippen LogP contribution >= 0.6 is 11.6 Å². The van der Waals surface area contributed by atoms with Crippen LogP contribution < -0.4 is 4.74 Å². The average Bonchev–Trinajstić information content (AvgIpc) is 3.21. The highest BCUT2D eigenvalue weighted by atomic mass is 35.5. The van der Waals surface area contributed by atoms with E-state index in [1.807, 2.05) is 39.0 Å². The second-order valence-electron chi connectivity index (χ2n) is 10.9. The maximum atomic E-state index is 14.4. The van der Waals surface area contributed by atoms with Gasteiger partial charge < -0.3 is 14.7 Å². The van der Waals surface area contributed by atoms with E-state index in [4.69, 9.17) is 16.3 Å². The third-order valence-corrected chi connectivity index (χ3v) is 8.09. The van der Waals surface area contributed by atoms with Gasteiger partial charge in [0.1, 0.15) is 24.7 Å². The van der Waals surface area contributed by atoms with Crippen molar-refractivity contribution in [1.82, 2.24) is 14.7 Å². The number of benzene rings is 2. The van der Waals surface area contributed by atoms with Gasteiger partial charge in [0.2, 0.25) is 5.91 Å². The first-order valence-electron chi connectivity index (χ1n) is 14.8. The minimum absolute atomic E-state index is 0.00773. The topological polar surface area (TPSA) is 90.4 Å². The van der Waals surface area contributed by atoms with Crippen molar-refractivity contribution in [2.24, 2.45) is 5.92 Å². The molecule has 2 aliphatic rings. The molecule has 1 saturated carbocycles. The quantitative estimate of drug-likeness (QED) is 0.272. The average molecular weight is 604 g/mol. The number of hydrogen-bond donors (Lipinski definition) is 1. The second-order valence-corrected chi connectivity index (χ2v) is 11.3. The van der Waals surface area contributed by atoms with E-state index in [1.165, 1.54) is 28.4 Å². The smallest absolute Gasteiger partial charge is 0.327 e. The predicted molar refractivity (Wildman–Crippen MR) is 161 cm³/mol. The van der Waals surface area contributed by atoms with Crippen LogP contribution in [0.25, 0.3) is 0 Å². The Morgan fingerprint density at radius 3 is 2.45 bits per heavy atom. The zero-order valence-corrected chi connectivity index (χ0v) is 25.8. The van der Waals surface area contributed by atoms with E-state index >= 15 is 0 Å². The first kappa shape index (κ1) is 33.3. The van der Waals surface area contributed by atoms with Crippen LogP contribution in [-0.4, -0.2) is 71.0 Å². The molecule has 2 aromatic rings. The Labute approximate surface area is 253 Å². The first-order chi connectivity index (χ1) is 20.1. The van der Waals surface area contributed by atoms with Crippen LogP contribution in [-0.2, 0) is 16.1 Å². The number of rotatable bonds is 12. The van der Waals surface area contributed by atoms with Crippen LogP contribution in [0.3, 0.4) is 0 Å². The fourth-order valence-corrected chi connectivity index (χ4v) is 5.81. The number of nitrogens with zero attached hydrogens (tertiary/aromatic N) is 3. The number of ether oxygens (including phenoxy) is 1. The van der Waals surface area contributed by atoms with Gasteiger partial charge in [0.25, 0.3) is 0 Å². The summed E-state index contributed by atoms with van der Waals surface area (Å²) in [6.07, 6.45) is 5.57. The Hall–Kier alpha value is -3.17. The van der Waals surface area contributed by atoms with E-state index in [1.54, 1.807) is 13.1 Å². The minimum Gasteiger partial charge on any atom is -0.491 e. The highest BCUT2D eigenvalue weighted by molar-refractivity contribution is 6.30. The Kier molecular flexibility index (Phi) is 12.6. The molecule has 8 nitrogen and oxygen atoms in total. The first-order valence-corrected chi connectivity index (χ1v) is 15.2. The van der Waals surface area contributed by atoms with Crippen molar-refractivity contribution in [1.29, 1.82) is 0 Å². The van der Waals surface area contributed by atoms with Gasteiger partial charge in [-0.3, -0.25) is 19.4 Å². The van der Waals surface area contributed by atoms with Gasteiger partial charge in [-0.2, -0.15) is 0 Å². The number of urea groups is 1. The number of carboxylic acid groups (broad SMARTS) is 1. The van der Waals surface area contributed by atoms with Gasteiger partial charge in [-0.25, -0.2) is 9.18 Å². The summed E-state index contributed by atoms with van der Waals surface area (Å²) >= 11 is 5.93. The molecular weight excluding hydrogens is 561 g/mol. The van der Waals surface area contributed by atoms with Gasteiger partial charge in [0, 0.05) is 26.2 Å². The lowest BCUT2D eigenvalue weighted by Crippen LogP contribution is -2.35. The molecule has 1 heterocycles. The number of halogens is 2. The van der Waals surface area contributed by atoms with Crippen molar-refractivity contribution >= 4 is 29.5 Å². The van der Waals surface area contributed by atoms with Crippen molar-refractivity contribution in [3.05, 3.63) is 63.9 Å². The lowest BCUT2D eigenvalue weighted by molar-refractivity contribution is -0.138. The van der Waals surface area contributed by atoms with Crippen LogP contribution in [0.4, 0.5) is 9.18 Å². The molecule has 4 rings (SSSR count). The molecule has 1 aliphatic heterocycles. The lowest BCUT2D eigenvalue weighted by atomic mass is 9.88. The van der Waals surface area contributed by atoms with Gasteiger partial charge in [-0.05, 0) is 60.6 Å². The van der Waals surface area contributed by atoms with E-state index in [-0.39, 0.29) is 43.1 Å². The molecule has 1 aliphatic carbocycles. The fourth-order valence-electron chi connectivity index (χ4n) is 5.69. The van der Waals surface area contributed by atoms with Crippen LogP contribution in [0.1, 0.15) is 75.1 Å². The van der Waals surface area contributed by atoms with Gasteiger partial charge in [0.05, 0.1) is 18.0 Å². The van der Waals surface area contributed by atoms with E-state index in [9.17, 15) is 23.9 Å². The lowest BCUT2D eigenvalue weighted by Gasteiger charge is -2.35. The Morgan fingerprint density at radius 2 is 1.86 bits per heavy atom. The number of hydrogen-bond acceptors (Lipinski definition) is 5. The molecule has 1 atom stereocenters. The number of carbonyl (C=O) groups excluding carboxylic acids is 2. The monoisotopic (exact) mass is 603 g/mol. The molecule has 0 aromatic heterocycles. The van der Waals surface area contributed by atoms with Crippen molar-refractivity contribution in [3.63, 3.8) is 0 Å². The summed E-state index contributed by atoms with van der Waals surface area (Å²) < 4.78 is 20.3. The fraction of sp³-hybridized carbons (Fsp3) is 0.531. The third-order valence-electron chi connectivity index (χ3n) is 7.78. The van der Waals surface area contributed by atoms with E-state index in [2.05, 4.69) is 4.90 Å². The summed E-state index contributed by atoms with van der Waals surface area (Å²) in [5.74, 6) is -0.654. The Morgan fingerprint density at radius 1 is 1.14 bits per heavy atom. The highest BCUT2D eigenvalue weighted by Crippen LogP contribution is 2.33. The van der Waals surface area contributed by atoms with E-state index < -0.39 is 17.8 Å². The number of carbonyl (C=O) groups is 3. The minimum atomic E-state index is -0.949. The normalized spacial score (nSPS) is 16.5. The maximum Gasteiger partial charge on any atom is 0.327 e. The molecular formula is C32H43ClFN3O5. The number of imide groups is 1. The number of aryl methyl sites for hydroxylation is 1. The molecule has 1 saturated heterocycles. The van der Waals surface area contributed by atoms with E-state index in [0.29, 0.717) is 30.3 Å². The van der Waals surface area contributed by atoms with Gasteiger partial charge in [0.15, 0.2) is 0 Å². The maximum absolute atomic E-state index is 14.4. The molecule has 3 amide bonds. The summed E-state index contributed by atoms with van der Waals surface area (Å²) in [4.78, 5) is 40.7. The number of aliphatic carboxylic acids is 1. The van der Waals surface area contributed by atoms with Gasteiger partial charge >= 0.3 is 12.0 Å². The van der Waals surface area contributed by atoms with Crippen LogP contribution in [0.5, 0.6) is 5.75 Å². The molecule has 1 N–H and O–H groups in total. The van der Waals surface area contributed by atoms with Crippen molar-refractivity contribution < 1.29 is 28.6 Å². The molecule has 10 heteroatoms. The third kappa shape index (κ3) is 8.91. The number of carboxylic acids is 1. The molecule has 230 valence electrons. The predicted octanol–water partition coefficient (Wildman–Crippen LogP) is 6.68. The van der Waals surface area contributed by atoms with Crippen molar-refractivity contribution in [2.45, 2.75) is 71.9 Å². The van der Waals surface area contributed by atoms with Crippen LogP contribution in [0.15, 0.2) is 36.4 Å². The summed E-state index contributed by atoms with van der Waals surface area (Å²) in [5.41, 5.74) is 2.46. The Balaban J connectivity index is 0.00000237. The molecule has 0 radical (unpaired) electrons. The molecule has 2 aromatic carbocycles. The zero-order chi connectivity index (χ0) is 30.8. The zero-order valence-electron chi connectivity index (χ0n) is 25.1. The summed E-state index contributed by atoms with van der Waals surface area (Å²) in [6.45, 7) is 7.56. The second kappa shape index (κ2) is 15.9. The van der Waals surface area contributed by atoms with Crippen molar-refractivity contribution in [3.8, 4) is 5.75 Å². The highest BCUT2D eigenvalue weighted by Gasteiger charge is 2.33.